The molecule has 1 aliphatic heterocycles. The van der Waals surface area contributed by atoms with Gasteiger partial charge in [0.15, 0.2) is 0 Å². The Labute approximate surface area is 169 Å². The number of pyridine rings is 1. The van der Waals surface area contributed by atoms with Crippen LogP contribution in [0.1, 0.15) is 50.3 Å². The van der Waals surface area contributed by atoms with Gasteiger partial charge in [-0.25, -0.2) is 9.67 Å². The summed E-state index contributed by atoms with van der Waals surface area (Å²) in [6.07, 6.45) is 8.22. The van der Waals surface area contributed by atoms with E-state index in [0.29, 0.717) is 22.6 Å². The second kappa shape index (κ2) is 6.97. The first-order chi connectivity index (χ1) is 13.5. The number of rotatable bonds is 3. The Bertz CT molecular complexity index is 835. The number of aromatic nitrogens is 4. The number of nitrogens with zero attached hydrogens (tertiary/aromatic N) is 5. The summed E-state index contributed by atoms with van der Waals surface area (Å²) >= 11 is 5.96. The zero-order valence-corrected chi connectivity index (χ0v) is 16.5. The molecule has 2 N–H and O–H groups in total. The summed E-state index contributed by atoms with van der Waals surface area (Å²) < 4.78 is 1.79. The molecule has 2 aromatic heterocycles. The lowest BCUT2D eigenvalue weighted by Gasteiger charge is -2.34. The first kappa shape index (κ1) is 18.3. The highest BCUT2D eigenvalue weighted by Gasteiger charge is 2.44. The summed E-state index contributed by atoms with van der Waals surface area (Å²) in [6.45, 7) is 1.83. The molecule has 28 heavy (non-hydrogen) atoms. The van der Waals surface area contributed by atoms with Crippen LogP contribution >= 0.6 is 11.6 Å². The largest absolute Gasteiger partial charge is 0.391 e. The summed E-state index contributed by atoms with van der Waals surface area (Å²) in [5, 5.41) is 30.8. The van der Waals surface area contributed by atoms with Crippen LogP contribution in [0.4, 0.5) is 5.82 Å². The molecule has 0 aromatic carbocycles. The predicted octanol–water partition coefficient (Wildman–Crippen LogP) is 2.54. The van der Waals surface area contributed by atoms with Crippen molar-refractivity contribution in [3.8, 4) is 0 Å². The molecule has 3 fully saturated rings. The monoisotopic (exact) mass is 403 g/mol. The first-order valence-corrected chi connectivity index (χ1v) is 10.6. The van der Waals surface area contributed by atoms with Crippen LogP contribution in [0.25, 0.3) is 0 Å². The molecule has 2 aliphatic carbocycles. The van der Waals surface area contributed by atoms with Gasteiger partial charge in [-0.2, -0.15) is 0 Å². The number of aliphatic hydroxyl groups is 2. The molecule has 0 spiro atoms. The van der Waals surface area contributed by atoms with Crippen LogP contribution < -0.4 is 4.90 Å². The Morgan fingerprint density at radius 2 is 1.86 bits per heavy atom. The van der Waals surface area contributed by atoms with Gasteiger partial charge in [0, 0.05) is 19.3 Å². The van der Waals surface area contributed by atoms with Crippen molar-refractivity contribution in [2.45, 2.75) is 56.3 Å². The smallest absolute Gasteiger partial charge is 0.128 e. The van der Waals surface area contributed by atoms with Gasteiger partial charge in [-0.3, -0.25) is 0 Å². The van der Waals surface area contributed by atoms with E-state index in [1.165, 1.54) is 0 Å². The standard InChI is InChI=1S/C20H26ClN5O2/c21-15-3-4-19(22-9-15)25-10-13-7-16(17(27)8-14(13)11-25)26-12-18(23-24-26)20(28)5-1-2-6-20/h3-4,9,12-14,16-17,27-28H,1-2,5-8,10-11H2/t13-,14+,16-,17-/m1/s1. The van der Waals surface area contributed by atoms with Crippen LogP contribution in [-0.2, 0) is 5.60 Å². The van der Waals surface area contributed by atoms with Crippen LogP contribution in [0.5, 0.6) is 0 Å². The minimum atomic E-state index is -0.842. The third-order valence-corrected chi connectivity index (χ3v) is 7.13. The first-order valence-electron chi connectivity index (χ1n) is 10.2. The van der Waals surface area contributed by atoms with E-state index in [9.17, 15) is 10.2 Å². The van der Waals surface area contributed by atoms with Crippen LogP contribution in [0.2, 0.25) is 5.02 Å². The zero-order valence-electron chi connectivity index (χ0n) is 15.8. The summed E-state index contributed by atoms with van der Waals surface area (Å²) in [7, 11) is 0. The van der Waals surface area contributed by atoms with Crippen molar-refractivity contribution in [2.24, 2.45) is 11.8 Å². The molecular weight excluding hydrogens is 378 g/mol. The van der Waals surface area contributed by atoms with Gasteiger partial charge >= 0.3 is 0 Å². The Hall–Kier alpha value is -1.70. The zero-order chi connectivity index (χ0) is 19.3. The van der Waals surface area contributed by atoms with Crippen LogP contribution in [0.15, 0.2) is 24.5 Å². The number of aliphatic hydroxyl groups excluding tert-OH is 1. The molecule has 0 bridgehead atoms. The molecule has 0 amide bonds. The highest BCUT2D eigenvalue weighted by molar-refractivity contribution is 6.30. The van der Waals surface area contributed by atoms with Crippen LogP contribution in [0, 0.1) is 11.8 Å². The number of fused-ring (bicyclic) bond motifs is 1. The molecule has 150 valence electrons. The van der Waals surface area contributed by atoms with E-state index in [4.69, 9.17) is 11.6 Å². The van der Waals surface area contributed by atoms with Crippen molar-refractivity contribution in [3.63, 3.8) is 0 Å². The van der Waals surface area contributed by atoms with E-state index in [1.54, 1.807) is 10.9 Å². The molecule has 1 saturated heterocycles. The van der Waals surface area contributed by atoms with Crippen molar-refractivity contribution in [3.05, 3.63) is 35.2 Å². The topological polar surface area (TPSA) is 87.3 Å². The highest BCUT2D eigenvalue weighted by atomic mass is 35.5. The quantitative estimate of drug-likeness (QED) is 0.818. The van der Waals surface area contributed by atoms with E-state index >= 15 is 0 Å². The minimum absolute atomic E-state index is 0.0920. The van der Waals surface area contributed by atoms with Gasteiger partial charge in [-0.1, -0.05) is 29.7 Å². The number of anilines is 1. The lowest BCUT2D eigenvalue weighted by Crippen LogP contribution is -2.36. The van der Waals surface area contributed by atoms with Gasteiger partial charge in [-0.05, 0) is 49.7 Å². The SMILES string of the molecule is O[C@@H]1C[C@H]2CN(c3ccc(Cl)cn3)C[C@H]2C[C@H]1n1cc(C2(O)CCCC2)nn1. The molecule has 3 heterocycles. The normalized spacial score (nSPS) is 31.9. The van der Waals surface area contributed by atoms with Crippen LogP contribution in [-0.4, -0.2) is 49.4 Å². The molecule has 4 atom stereocenters. The Morgan fingerprint density at radius 1 is 1.11 bits per heavy atom. The van der Waals surface area contributed by atoms with Crippen molar-refractivity contribution in [1.82, 2.24) is 20.0 Å². The van der Waals surface area contributed by atoms with Gasteiger partial charge in [0.2, 0.25) is 0 Å². The second-order valence-corrected chi connectivity index (χ2v) is 9.12. The average Bonchev–Trinajstić information content (AvgIpc) is 3.41. The maximum absolute atomic E-state index is 10.8. The lowest BCUT2D eigenvalue weighted by molar-refractivity contribution is 0.0290. The molecule has 0 radical (unpaired) electrons. The summed E-state index contributed by atoms with van der Waals surface area (Å²) in [6, 6.07) is 3.74. The molecule has 7 nitrogen and oxygen atoms in total. The van der Waals surface area contributed by atoms with E-state index in [-0.39, 0.29) is 6.04 Å². The van der Waals surface area contributed by atoms with Crippen molar-refractivity contribution < 1.29 is 10.2 Å². The van der Waals surface area contributed by atoms with E-state index in [2.05, 4.69) is 20.2 Å². The molecule has 3 aliphatic rings. The van der Waals surface area contributed by atoms with Gasteiger partial charge < -0.3 is 15.1 Å². The van der Waals surface area contributed by atoms with Gasteiger partial charge in [0.25, 0.3) is 0 Å². The highest BCUT2D eigenvalue weighted by Crippen LogP contribution is 2.43. The molecule has 2 aromatic rings. The second-order valence-electron chi connectivity index (χ2n) is 8.69. The van der Waals surface area contributed by atoms with Crippen molar-refractivity contribution >= 4 is 17.4 Å². The molecule has 8 heteroatoms. The molecular formula is C20H26ClN5O2. The van der Waals surface area contributed by atoms with E-state index in [0.717, 1.165) is 57.4 Å². The number of halogens is 1. The lowest BCUT2D eigenvalue weighted by atomic mass is 9.77. The molecule has 5 rings (SSSR count). The van der Waals surface area contributed by atoms with E-state index in [1.807, 2.05) is 18.3 Å². The van der Waals surface area contributed by atoms with Gasteiger partial charge in [0.1, 0.15) is 17.1 Å². The fraction of sp³-hybridized carbons (Fsp3) is 0.650. The maximum Gasteiger partial charge on any atom is 0.128 e. The van der Waals surface area contributed by atoms with Gasteiger partial charge in [-0.15, -0.1) is 5.10 Å². The number of hydrogen-bond donors (Lipinski definition) is 2. The van der Waals surface area contributed by atoms with E-state index < -0.39 is 11.7 Å². The number of hydrogen-bond acceptors (Lipinski definition) is 6. The third kappa shape index (κ3) is 3.19. The predicted molar refractivity (Wildman–Crippen MR) is 105 cm³/mol. The van der Waals surface area contributed by atoms with Crippen molar-refractivity contribution in [1.29, 1.82) is 0 Å². The average molecular weight is 404 g/mol. The maximum atomic E-state index is 10.8. The van der Waals surface area contributed by atoms with Gasteiger partial charge in [0.05, 0.1) is 23.4 Å². The Morgan fingerprint density at radius 3 is 2.57 bits per heavy atom. The Kier molecular flexibility index (Phi) is 4.56. The third-order valence-electron chi connectivity index (χ3n) is 6.90. The Balaban J connectivity index is 1.31. The summed E-state index contributed by atoms with van der Waals surface area (Å²) in [5.41, 5.74) is -0.192. The van der Waals surface area contributed by atoms with Crippen LogP contribution in [0.3, 0.4) is 0 Å². The summed E-state index contributed by atoms with van der Waals surface area (Å²) in [4.78, 5) is 6.73. The molecule has 2 saturated carbocycles. The minimum Gasteiger partial charge on any atom is -0.391 e. The fourth-order valence-corrected chi connectivity index (χ4v) is 5.41. The summed E-state index contributed by atoms with van der Waals surface area (Å²) in [5.74, 6) is 1.87. The molecule has 0 unspecified atom stereocenters. The van der Waals surface area contributed by atoms with Crippen molar-refractivity contribution in [2.75, 3.05) is 18.0 Å². The fourth-order valence-electron chi connectivity index (χ4n) is 5.30.